The third kappa shape index (κ3) is 3.64. The number of nitrogens with zero attached hydrogens (tertiary/aromatic N) is 1. The third-order valence-electron chi connectivity index (χ3n) is 3.94. The molecule has 2 aromatic rings. The predicted octanol–water partition coefficient (Wildman–Crippen LogP) is 3.34. The average Bonchev–Trinajstić information content (AvgIpc) is 3.14. The molecule has 2 heterocycles. The van der Waals surface area contributed by atoms with E-state index in [9.17, 15) is 9.59 Å². The lowest BCUT2D eigenvalue weighted by Crippen LogP contribution is -2.27. The summed E-state index contributed by atoms with van der Waals surface area (Å²) in [5.41, 5.74) is 1.79. The fourth-order valence-electron chi connectivity index (χ4n) is 2.66. The molecule has 1 aliphatic rings. The summed E-state index contributed by atoms with van der Waals surface area (Å²) in [6, 6.07) is 9.25. The lowest BCUT2D eigenvalue weighted by atomic mass is 10.1. The van der Waals surface area contributed by atoms with Gasteiger partial charge in [-0.3, -0.25) is 9.59 Å². The van der Waals surface area contributed by atoms with Gasteiger partial charge in [-0.2, -0.15) is 0 Å². The minimum absolute atomic E-state index is 0.0199. The average molecular weight is 377 g/mol. The lowest BCUT2D eigenvalue weighted by molar-refractivity contribution is -0.128. The molecule has 1 saturated heterocycles. The number of aryl methyl sites for hydroxylation is 1. The Labute approximate surface area is 142 Å². The zero-order valence-corrected chi connectivity index (χ0v) is 14.3. The molecule has 0 spiro atoms. The van der Waals surface area contributed by atoms with E-state index in [1.54, 1.807) is 17.2 Å². The van der Waals surface area contributed by atoms with Crippen LogP contribution < -0.4 is 5.32 Å². The second kappa shape index (κ2) is 6.58. The standard InChI is InChI=1S/C17H17BrN2O3/c1-11-7-13(4-5-15(11)18)19-17(22)12-8-16(21)20(9-12)10-14-3-2-6-23-14/h2-7,12H,8-10H2,1H3,(H,19,22)/t12-/m0/s1. The van der Waals surface area contributed by atoms with Gasteiger partial charge in [0.15, 0.2) is 0 Å². The van der Waals surface area contributed by atoms with E-state index in [4.69, 9.17) is 4.42 Å². The number of furan rings is 1. The largest absolute Gasteiger partial charge is 0.467 e. The molecule has 1 atom stereocenters. The fourth-order valence-corrected chi connectivity index (χ4v) is 2.90. The number of benzene rings is 1. The smallest absolute Gasteiger partial charge is 0.229 e. The summed E-state index contributed by atoms with van der Waals surface area (Å²) < 4.78 is 6.26. The number of carbonyl (C=O) groups excluding carboxylic acids is 2. The Hall–Kier alpha value is -2.08. The van der Waals surface area contributed by atoms with Gasteiger partial charge in [0, 0.05) is 23.1 Å². The van der Waals surface area contributed by atoms with Gasteiger partial charge in [0.1, 0.15) is 5.76 Å². The Morgan fingerprint density at radius 2 is 2.26 bits per heavy atom. The quantitative estimate of drug-likeness (QED) is 0.889. The highest BCUT2D eigenvalue weighted by Gasteiger charge is 2.34. The Balaban J connectivity index is 1.62. The second-order valence-corrected chi connectivity index (χ2v) is 6.56. The Bertz CT molecular complexity index is 727. The van der Waals surface area contributed by atoms with Crippen molar-refractivity contribution in [3.05, 3.63) is 52.4 Å². The van der Waals surface area contributed by atoms with Crippen molar-refractivity contribution >= 4 is 33.4 Å². The summed E-state index contributed by atoms with van der Waals surface area (Å²) in [4.78, 5) is 26.1. The van der Waals surface area contributed by atoms with Crippen LogP contribution in [0, 0.1) is 12.8 Å². The number of nitrogens with one attached hydrogen (secondary N) is 1. The first-order valence-corrected chi connectivity index (χ1v) is 8.19. The molecule has 23 heavy (non-hydrogen) atoms. The van der Waals surface area contributed by atoms with Crippen molar-refractivity contribution in [1.82, 2.24) is 4.90 Å². The van der Waals surface area contributed by atoms with Crippen molar-refractivity contribution in [2.75, 3.05) is 11.9 Å². The Morgan fingerprint density at radius 3 is 2.96 bits per heavy atom. The first-order valence-electron chi connectivity index (χ1n) is 7.40. The van der Waals surface area contributed by atoms with Crippen LogP contribution in [0.25, 0.3) is 0 Å². The van der Waals surface area contributed by atoms with Crippen molar-refractivity contribution in [1.29, 1.82) is 0 Å². The van der Waals surface area contributed by atoms with Crippen LogP contribution in [0.2, 0.25) is 0 Å². The minimum atomic E-state index is -0.332. The summed E-state index contributed by atoms with van der Waals surface area (Å²) in [6.07, 6.45) is 1.82. The molecule has 6 heteroatoms. The second-order valence-electron chi connectivity index (χ2n) is 5.71. The van der Waals surface area contributed by atoms with Crippen LogP contribution in [0.15, 0.2) is 45.5 Å². The minimum Gasteiger partial charge on any atom is -0.467 e. The molecule has 120 valence electrons. The van der Waals surface area contributed by atoms with Crippen LogP contribution in [-0.2, 0) is 16.1 Å². The lowest BCUT2D eigenvalue weighted by Gasteiger charge is -2.15. The first kappa shape index (κ1) is 15.8. The SMILES string of the molecule is Cc1cc(NC(=O)[C@H]2CC(=O)N(Cc3ccco3)C2)ccc1Br. The maximum absolute atomic E-state index is 12.4. The number of likely N-dealkylation sites (tertiary alicyclic amines) is 1. The monoisotopic (exact) mass is 376 g/mol. The molecule has 0 unspecified atom stereocenters. The van der Waals surface area contributed by atoms with Crippen molar-refractivity contribution in [2.24, 2.45) is 5.92 Å². The summed E-state index contributed by atoms with van der Waals surface area (Å²) in [5, 5.41) is 2.89. The van der Waals surface area contributed by atoms with Crippen LogP contribution in [0.4, 0.5) is 5.69 Å². The molecule has 0 aliphatic carbocycles. The molecule has 1 aromatic heterocycles. The van der Waals surface area contributed by atoms with Gasteiger partial charge in [-0.1, -0.05) is 15.9 Å². The van der Waals surface area contributed by atoms with E-state index in [0.717, 1.165) is 21.5 Å². The topological polar surface area (TPSA) is 62.6 Å². The zero-order chi connectivity index (χ0) is 16.4. The van der Waals surface area contributed by atoms with Crippen LogP contribution >= 0.6 is 15.9 Å². The highest BCUT2D eigenvalue weighted by atomic mass is 79.9. The third-order valence-corrected chi connectivity index (χ3v) is 4.83. The van der Waals surface area contributed by atoms with Crippen LogP contribution in [0.3, 0.4) is 0 Å². The van der Waals surface area contributed by atoms with Gasteiger partial charge < -0.3 is 14.6 Å². The number of rotatable bonds is 4. The first-order chi connectivity index (χ1) is 11.0. The van der Waals surface area contributed by atoms with Crippen LogP contribution in [0.1, 0.15) is 17.7 Å². The van der Waals surface area contributed by atoms with E-state index >= 15 is 0 Å². The zero-order valence-electron chi connectivity index (χ0n) is 12.7. The van der Waals surface area contributed by atoms with Gasteiger partial charge in [-0.25, -0.2) is 0 Å². The molecule has 1 fully saturated rings. The van der Waals surface area contributed by atoms with Crippen molar-refractivity contribution in [2.45, 2.75) is 19.9 Å². The van der Waals surface area contributed by atoms with Gasteiger partial charge in [-0.15, -0.1) is 0 Å². The van der Waals surface area contributed by atoms with Crippen molar-refractivity contribution in [3.8, 4) is 0 Å². The number of hydrogen-bond donors (Lipinski definition) is 1. The molecule has 1 aromatic carbocycles. The summed E-state index contributed by atoms with van der Waals surface area (Å²) in [7, 11) is 0. The van der Waals surface area contributed by atoms with E-state index in [1.807, 2.05) is 31.2 Å². The molecule has 2 amide bonds. The molecular formula is C17H17BrN2O3. The maximum Gasteiger partial charge on any atom is 0.229 e. The predicted molar refractivity (Wildman–Crippen MR) is 89.7 cm³/mol. The maximum atomic E-state index is 12.4. The van der Waals surface area contributed by atoms with Crippen molar-refractivity contribution in [3.63, 3.8) is 0 Å². The number of hydrogen-bond acceptors (Lipinski definition) is 3. The highest BCUT2D eigenvalue weighted by molar-refractivity contribution is 9.10. The van der Waals surface area contributed by atoms with E-state index in [1.165, 1.54) is 0 Å². The molecule has 0 saturated carbocycles. The summed E-state index contributed by atoms with van der Waals surface area (Å²) >= 11 is 3.43. The van der Waals surface area contributed by atoms with Gasteiger partial charge >= 0.3 is 0 Å². The molecule has 3 rings (SSSR count). The molecule has 0 bridgehead atoms. The van der Waals surface area contributed by atoms with E-state index < -0.39 is 0 Å². The molecule has 1 N–H and O–H groups in total. The van der Waals surface area contributed by atoms with Crippen LogP contribution in [0.5, 0.6) is 0 Å². The summed E-state index contributed by atoms with van der Waals surface area (Å²) in [5.74, 6) is 0.250. The van der Waals surface area contributed by atoms with E-state index in [0.29, 0.717) is 13.1 Å². The van der Waals surface area contributed by atoms with Gasteiger partial charge in [0.25, 0.3) is 0 Å². The Kier molecular flexibility index (Phi) is 4.52. The molecule has 0 radical (unpaired) electrons. The molecule has 5 nitrogen and oxygen atoms in total. The molecule has 1 aliphatic heterocycles. The fraction of sp³-hybridized carbons (Fsp3) is 0.294. The van der Waals surface area contributed by atoms with Crippen molar-refractivity contribution < 1.29 is 14.0 Å². The van der Waals surface area contributed by atoms with E-state index in [2.05, 4.69) is 21.2 Å². The highest BCUT2D eigenvalue weighted by Crippen LogP contribution is 2.24. The number of carbonyl (C=O) groups is 2. The molecular weight excluding hydrogens is 360 g/mol. The van der Waals surface area contributed by atoms with Crippen LogP contribution in [-0.4, -0.2) is 23.3 Å². The number of amides is 2. The van der Waals surface area contributed by atoms with E-state index in [-0.39, 0.29) is 24.2 Å². The van der Waals surface area contributed by atoms with Gasteiger partial charge in [0.05, 0.1) is 18.7 Å². The number of anilines is 1. The number of halogens is 1. The van der Waals surface area contributed by atoms with Gasteiger partial charge in [0.2, 0.25) is 11.8 Å². The summed E-state index contributed by atoms with van der Waals surface area (Å²) in [6.45, 7) is 2.79. The van der Waals surface area contributed by atoms with Gasteiger partial charge in [-0.05, 0) is 42.8 Å². The normalized spacial score (nSPS) is 17.6. The Morgan fingerprint density at radius 1 is 1.43 bits per heavy atom.